The van der Waals surface area contributed by atoms with Gasteiger partial charge in [-0.2, -0.15) is 0 Å². The molecule has 4 heteroatoms. The van der Waals surface area contributed by atoms with Crippen molar-refractivity contribution in [1.29, 1.82) is 0 Å². The molecule has 0 aromatic heterocycles. The molecular weight excluding hydrogens is 190 g/mol. The van der Waals surface area contributed by atoms with Crippen LogP contribution in [0.5, 0.6) is 0 Å². The third-order valence-corrected chi connectivity index (χ3v) is 1.80. The maximum absolute atomic E-state index is 7.00. The summed E-state index contributed by atoms with van der Waals surface area (Å²) in [7, 11) is 2.87. The van der Waals surface area contributed by atoms with Crippen molar-refractivity contribution in [3.05, 3.63) is 29.8 Å². The lowest BCUT2D eigenvalue weighted by Gasteiger charge is -2.05. The minimum Gasteiger partial charge on any atom is -0.400 e. The largest absolute Gasteiger partial charge is 0.400 e. The molecular formula is C11H23N3O. The smallest absolute Gasteiger partial charge is 0.0351 e. The van der Waals surface area contributed by atoms with E-state index in [2.05, 4.69) is 47.4 Å². The molecule has 1 aromatic carbocycles. The number of hydrogen-bond acceptors (Lipinski definition) is 4. The number of hydrogen-bond donors (Lipinski definition) is 4. The Morgan fingerprint density at radius 3 is 2.27 bits per heavy atom. The van der Waals surface area contributed by atoms with Crippen molar-refractivity contribution in [2.45, 2.75) is 13.5 Å². The normalized spacial score (nSPS) is 9.07. The van der Waals surface area contributed by atoms with Gasteiger partial charge in [0.1, 0.15) is 0 Å². The van der Waals surface area contributed by atoms with E-state index in [0.717, 1.165) is 20.2 Å². The minimum atomic E-state index is 0. The summed E-state index contributed by atoms with van der Waals surface area (Å²) in [5.74, 6) is 0. The maximum atomic E-state index is 7.00. The number of aliphatic hydroxyl groups excluding tert-OH is 1. The fourth-order valence-electron chi connectivity index (χ4n) is 1.14. The van der Waals surface area contributed by atoms with E-state index in [9.17, 15) is 0 Å². The molecule has 0 bridgehead atoms. The first-order chi connectivity index (χ1) is 7.36. The summed E-state index contributed by atoms with van der Waals surface area (Å²) < 4.78 is 0. The van der Waals surface area contributed by atoms with Crippen LogP contribution in [0.3, 0.4) is 0 Å². The molecule has 4 N–H and O–H groups in total. The van der Waals surface area contributed by atoms with E-state index in [0.29, 0.717) is 0 Å². The van der Waals surface area contributed by atoms with E-state index >= 15 is 0 Å². The number of nitrogens with one attached hydrogen (secondary N) is 3. The molecule has 0 saturated heterocycles. The Morgan fingerprint density at radius 1 is 1.20 bits per heavy atom. The van der Waals surface area contributed by atoms with Crippen LogP contribution in [-0.2, 0) is 6.54 Å². The topological polar surface area (TPSA) is 56.3 Å². The number of benzene rings is 1. The zero-order valence-corrected chi connectivity index (χ0v) is 9.67. The lowest BCUT2D eigenvalue weighted by atomic mass is 10.2. The predicted octanol–water partition coefficient (Wildman–Crippen LogP) is 1.20. The van der Waals surface area contributed by atoms with E-state index in [1.807, 2.05) is 7.05 Å². The Kier molecular flexibility index (Phi) is 8.76. The second-order valence-electron chi connectivity index (χ2n) is 2.83. The van der Waals surface area contributed by atoms with Gasteiger partial charge >= 0.3 is 0 Å². The van der Waals surface area contributed by atoms with Crippen LogP contribution < -0.4 is 16.2 Å². The van der Waals surface area contributed by atoms with Gasteiger partial charge in [-0.15, -0.1) is 0 Å². The van der Waals surface area contributed by atoms with Crippen LogP contribution in [0, 0.1) is 0 Å². The van der Waals surface area contributed by atoms with Gasteiger partial charge in [-0.25, -0.2) is 0 Å². The molecule has 88 valence electrons. The van der Waals surface area contributed by atoms with Crippen molar-refractivity contribution in [1.82, 2.24) is 10.9 Å². The lowest BCUT2D eigenvalue weighted by molar-refractivity contribution is 0.399. The minimum absolute atomic E-state index is 0. The van der Waals surface area contributed by atoms with E-state index in [1.165, 1.54) is 11.3 Å². The van der Waals surface area contributed by atoms with E-state index in [4.69, 9.17) is 5.11 Å². The van der Waals surface area contributed by atoms with Crippen molar-refractivity contribution < 1.29 is 6.53 Å². The Hall–Kier alpha value is -1.10. The van der Waals surface area contributed by atoms with Crippen molar-refractivity contribution in [2.24, 2.45) is 0 Å². The monoisotopic (exact) mass is 213 g/mol. The summed E-state index contributed by atoms with van der Waals surface area (Å²) in [6, 6.07) is 8.41. The molecule has 1 rings (SSSR count). The number of aliphatic hydroxyl groups is 1. The molecule has 0 saturated carbocycles. The Bertz CT molecular complexity index is 241. The molecule has 1 aromatic rings. The van der Waals surface area contributed by atoms with Gasteiger partial charge in [-0.1, -0.05) is 12.1 Å². The highest BCUT2D eigenvalue weighted by Crippen LogP contribution is 2.08. The van der Waals surface area contributed by atoms with Crippen LogP contribution in [0.4, 0.5) is 5.69 Å². The molecule has 0 radical (unpaired) electrons. The summed E-state index contributed by atoms with van der Waals surface area (Å²) in [6.07, 6.45) is 0. The van der Waals surface area contributed by atoms with Gasteiger partial charge in [-0.05, 0) is 31.7 Å². The molecule has 0 amide bonds. The predicted molar refractivity (Wildman–Crippen MR) is 66.8 cm³/mol. The summed E-state index contributed by atoms with van der Waals surface area (Å²) in [5.41, 5.74) is 8.39. The fraction of sp³-hybridized carbons (Fsp3) is 0.455. The van der Waals surface area contributed by atoms with Crippen LogP contribution in [0.1, 0.15) is 13.9 Å². The van der Waals surface area contributed by atoms with Crippen molar-refractivity contribution in [3.8, 4) is 0 Å². The number of anilines is 1. The standard InChI is InChI=1S/C10H17N3.CH4O.H2/c1-3-12-10-6-4-9(5-7-10)8-13-11-2;1-2;/h4-7,11-13H,3,8H2,1-2H3;2H,1H3;1H. The molecule has 0 spiro atoms. The number of rotatable bonds is 5. The summed E-state index contributed by atoms with van der Waals surface area (Å²) in [6.45, 7) is 3.91. The first kappa shape index (κ1) is 13.9. The molecule has 0 aliphatic heterocycles. The second-order valence-corrected chi connectivity index (χ2v) is 2.83. The van der Waals surface area contributed by atoms with Gasteiger partial charge in [0.2, 0.25) is 0 Å². The molecule has 0 fully saturated rings. The Morgan fingerprint density at radius 2 is 1.80 bits per heavy atom. The second kappa shape index (κ2) is 9.45. The van der Waals surface area contributed by atoms with Crippen LogP contribution >= 0.6 is 0 Å². The highest BCUT2D eigenvalue weighted by Gasteiger charge is 1.91. The molecule has 4 nitrogen and oxygen atoms in total. The average Bonchev–Trinajstić information content (AvgIpc) is 2.31. The average molecular weight is 213 g/mol. The van der Waals surface area contributed by atoms with Crippen LogP contribution in [0.25, 0.3) is 0 Å². The van der Waals surface area contributed by atoms with Gasteiger partial charge in [0.25, 0.3) is 0 Å². The van der Waals surface area contributed by atoms with Crippen molar-refractivity contribution in [3.63, 3.8) is 0 Å². The van der Waals surface area contributed by atoms with E-state index in [-0.39, 0.29) is 1.43 Å². The van der Waals surface area contributed by atoms with Crippen LogP contribution in [0.15, 0.2) is 24.3 Å². The highest BCUT2D eigenvalue weighted by atomic mass is 16.2. The van der Waals surface area contributed by atoms with Gasteiger partial charge in [0.15, 0.2) is 0 Å². The third kappa shape index (κ3) is 6.06. The van der Waals surface area contributed by atoms with Crippen LogP contribution in [0.2, 0.25) is 0 Å². The molecule has 0 unspecified atom stereocenters. The molecule has 0 atom stereocenters. The fourth-order valence-corrected chi connectivity index (χ4v) is 1.14. The van der Waals surface area contributed by atoms with Crippen molar-refractivity contribution >= 4 is 5.69 Å². The third-order valence-electron chi connectivity index (χ3n) is 1.80. The number of hydrazine groups is 1. The molecule has 0 heterocycles. The Labute approximate surface area is 93.2 Å². The maximum Gasteiger partial charge on any atom is 0.0351 e. The first-order valence-corrected chi connectivity index (χ1v) is 5.04. The van der Waals surface area contributed by atoms with Gasteiger partial charge in [0, 0.05) is 27.3 Å². The zero-order chi connectivity index (χ0) is 11.5. The van der Waals surface area contributed by atoms with Crippen LogP contribution in [-0.4, -0.2) is 25.8 Å². The van der Waals surface area contributed by atoms with E-state index in [1.54, 1.807) is 0 Å². The summed E-state index contributed by atoms with van der Waals surface area (Å²) in [5, 5.41) is 10.3. The Balaban J connectivity index is 0. The highest BCUT2D eigenvalue weighted by molar-refractivity contribution is 5.44. The van der Waals surface area contributed by atoms with Gasteiger partial charge in [-0.3, -0.25) is 10.9 Å². The van der Waals surface area contributed by atoms with Gasteiger partial charge < -0.3 is 10.4 Å². The first-order valence-electron chi connectivity index (χ1n) is 5.04. The molecule has 0 aliphatic rings. The SMILES string of the molecule is CCNc1ccc(CNNC)cc1.CO.[HH]. The van der Waals surface area contributed by atoms with Gasteiger partial charge in [0.05, 0.1) is 0 Å². The quantitative estimate of drug-likeness (QED) is 0.555. The summed E-state index contributed by atoms with van der Waals surface area (Å²) >= 11 is 0. The van der Waals surface area contributed by atoms with E-state index < -0.39 is 0 Å². The molecule has 15 heavy (non-hydrogen) atoms. The molecule has 0 aliphatic carbocycles. The lowest BCUT2D eigenvalue weighted by Crippen LogP contribution is -2.26. The van der Waals surface area contributed by atoms with Crippen molar-refractivity contribution in [2.75, 3.05) is 26.0 Å². The summed E-state index contributed by atoms with van der Waals surface area (Å²) in [4.78, 5) is 0. The zero-order valence-electron chi connectivity index (χ0n) is 9.67.